The summed E-state index contributed by atoms with van der Waals surface area (Å²) in [6, 6.07) is 12.4. The van der Waals surface area contributed by atoms with Crippen LogP contribution in [0.3, 0.4) is 0 Å². The first-order valence-corrected chi connectivity index (χ1v) is 6.72. The molecule has 0 aromatic heterocycles. The van der Waals surface area contributed by atoms with Gasteiger partial charge in [-0.25, -0.2) is 0 Å². The van der Waals surface area contributed by atoms with E-state index in [1.54, 1.807) is 56.7 Å². The van der Waals surface area contributed by atoms with Gasteiger partial charge in [0.25, 0.3) is 0 Å². The SMILES string of the molecule is COc1cccc(C(=O)/C=C/c2ccc(OC)c(Cl)c2)c1. The highest BCUT2D eigenvalue weighted by molar-refractivity contribution is 6.32. The van der Waals surface area contributed by atoms with Gasteiger partial charge >= 0.3 is 0 Å². The molecule has 2 rings (SSSR count). The summed E-state index contributed by atoms with van der Waals surface area (Å²) in [7, 11) is 3.13. The molecule has 0 radical (unpaired) electrons. The van der Waals surface area contributed by atoms with Crippen molar-refractivity contribution in [3.05, 3.63) is 64.7 Å². The molecule has 0 N–H and O–H groups in total. The summed E-state index contributed by atoms with van der Waals surface area (Å²) in [5, 5.41) is 0.508. The molecule has 0 saturated carbocycles. The zero-order valence-corrected chi connectivity index (χ0v) is 12.6. The largest absolute Gasteiger partial charge is 0.497 e. The second kappa shape index (κ2) is 6.95. The number of rotatable bonds is 5. The fourth-order valence-electron chi connectivity index (χ4n) is 1.83. The Kier molecular flexibility index (Phi) is 5.01. The smallest absolute Gasteiger partial charge is 0.185 e. The first kappa shape index (κ1) is 15.1. The molecule has 0 aliphatic carbocycles. The topological polar surface area (TPSA) is 35.5 Å². The molecule has 0 unspecified atom stereocenters. The molecule has 0 heterocycles. The van der Waals surface area contributed by atoms with Crippen LogP contribution in [-0.2, 0) is 0 Å². The van der Waals surface area contributed by atoms with Crippen molar-refractivity contribution in [3.8, 4) is 11.5 Å². The van der Waals surface area contributed by atoms with Gasteiger partial charge in [0, 0.05) is 5.56 Å². The van der Waals surface area contributed by atoms with Crippen LogP contribution < -0.4 is 9.47 Å². The van der Waals surface area contributed by atoms with Crippen LogP contribution in [-0.4, -0.2) is 20.0 Å². The van der Waals surface area contributed by atoms with Crippen molar-refractivity contribution in [2.75, 3.05) is 14.2 Å². The number of hydrogen-bond donors (Lipinski definition) is 0. The Morgan fingerprint density at radius 2 is 1.90 bits per heavy atom. The standard InChI is InChI=1S/C17H15ClO3/c1-20-14-5-3-4-13(11-14)16(19)8-6-12-7-9-17(21-2)15(18)10-12/h3-11H,1-2H3/b8-6+. The summed E-state index contributed by atoms with van der Waals surface area (Å²) in [6.45, 7) is 0. The summed E-state index contributed by atoms with van der Waals surface area (Å²) in [5.74, 6) is 1.16. The third-order valence-corrected chi connectivity index (χ3v) is 3.25. The van der Waals surface area contributed by atoms with Crippen molar-refractivity contribution < 1.29 is 14.3 Å². The molecule has 21 heavy (non-hydrogen) atoms. The van der Waals surface area contributed by atoms with Gasteiger partial charge in [-0.2, -0.15) is 0 Å². The molecule has 0 aliphatic rings. The lowest BCUT2D eigenvalue weighted by atomic mass is 10.1. The number of ether oxygens (including phenoxy) is 2. The number of carbonyl (C=O) groups is 1. The third kappa shape index (κ3) is 3.86. The van der Waals surface area contributed by atoms with Gasteiger partial charge in [-0.05, 0) is 35.9 Å². The van der Waals surface area contributed by atoms with Crippen molar-refractivity contribution >= 4 is 23.5 Å². The van der Waals surface area contributed by atoms with Gasteiger partial charge in [-0.15, -0.1) is 0 Å². The molecule has 0 atom stereocenters. The summed E-state index contributed by atoms with van der Waals surface area (Å²) in [4.78, 5) is 12.1. The Morgan fingerprint density at radius 1 is 1.10 bits per heavy atom. The van der Waals surface area contributed by atoms with Crippen molar-refractivity contribution in [3.63, 3.8) is 0 Å². The molecule has 2 aromatic carbocycles. The maximum Gasteiger partial charge on any atom is 0.185 e. The van der Waals surface area contributed by atoms with E-state index in [9.17, 15) is 4.79 Å². The van der Waals surface area contributed by atoms with E-state index in [0.717, 1.165) is 5.56 Å². The van der Waals surface area contributed by atoms with E-state index in [1.165, 1.54) is 6.08 Å². The average Bonchev–Trinajstić information content (AvgIpc) is 2.52. The third-order valence-electron chi connectivity index (χ3n) is 2.96. The van der Waals surface area contributed by atoms with Crippen LogP contribution in [0.1, 0.15) is 15.9 Å². The Balaban J connectivity index is 2.16. The number of methoxy groups -OCH3 is 2. The zero-order valence-electron chi connectivity index (χ0n) is 11.8. The monoisotopic (exact) mass is 302 g/mol. The molecule has 0 fully saturated rings. The number of ketones is 1. The van der Waals surface area contributed by atoms with E-state index in [-0.39, 0.29) is 5.78 Å². The minimum Gasteiger partial charge on any atom is -0.497 e. The van der Waals surface area contributed by atoms with Crippen molar-refractivity contribution in [1.82, 2.24) is 0 Å². The second-order valence-electron chi connectivity index (χ2n) is 4.32. The molecule has 0 bridgehead atoms. The van der Waals surface area contributed by atoms with E-state index < -0.39 is 0 Å². The van der Waals surface area contributed by atoms with Gasteiger partial charge in [0.2, 0.25) is 0 Å². The summed E-state index contributed by atoms with van der Waals surface area (Å²) in [5.41, 5.74) is 1.40. The minimum absolute atomic E-state index is 0.0964. The fraction of sp³-hybridized carbons (Fsp3) is 0.118. The molecular formula is C17H15ClO3. The normalized spacial score (nSPS) is 10.6. The minimum atomic E-state index is -0.0964. The Labute approximate surface area is 128 Å². The van der Waals surface area contributed by atoms with Crippen LogP contribution in [0.4, 0.5) is 0 Å². The molecule has 4 heteroatoms. The summed E-state index contributed by atoms with van der Waals surface area (Å²) < 4.78 is 10.2. The Bertz CT molecular complexity index is 677. The van der Waals surface area contributed by atoms with Gasteiger partial charge in [0.1, 0.15) is 11.5 Å². The molecule has 0 saturated heterocycles. The zero-order chi connectivity index (χ0) is 15.2. The van der Waals surface area contributed by atoms with E-state index >= 15 is 0 Å². The molecule has 0 amide bonds. The van der Waals surface area contributed by atoms with Crippen LogP contribution >= 0.6 is 11.6 Å². The van der Waals surface area contributed by atoms with Crippen LogP contribution in [0.15, 0.2) is 48.5 Å². The molecule has 3 nitrogen and oxygen atoms in total. The maximum absolute atomic E-state index is 12.1. The highest BCUT2D eigenvalue weighted by Crippen LogP contribution is 2.25. The van der Waals surface area contributed by atoms with Crippen LogP contribution in [0.25, 0.3) is 6.08 Å². The van der Waals surface area contributed by atoms with Gasteiger partial charge < -0.3 is 9.47 Å². The quantitative estimate of drug-likeness (QED) is 0.612. The van der Waals surface area contributed by atoms with Gasteiger partial charge in [0.05, 0.1) is 19.2 Å². The van der Waals surface area contributed by atoms with E-state index in [1.807, 2.05) is 6.07 Å². The van der Waals surface area contributed by atoms with Gasteiger partial charge in [-0.3, -0.25) is 4.79 Å². The lowest BCUT2D eigenvalue weighted by molar-refractivity contribution is 0.104. The first-order chi connectivity index (χ1) is 10.1. The van der Waals surface area contributed by atoms with E-state index in [0.29, 0.717) is 22.1 Å². The van der Waals surface area contributed by atoms with E-state index in [4.69, 9.17) is 21.1 Å². The first-order valence-electron chi connectivity index (χ1n) is 6.34. The highest BCUT2D eigenvalue weighted by atomic mass is 35.5. The van der Waals surface area contributed by atoms with E-state index in [2.05, 4.69) is 0 Å². The molecular weight excluding hydrogens is 288 g/mol. The fourth-order valence-corrected chi connectivity index (χ4v) is 2.10. The van der Waals surface area contributed by atoms with Crippen LogP contribution in [0.5, 0.6) is 11.5 Å². The number of allylic oxidation sites excluding steroid dienone is 1. The second-order valence-corrected chi connectivity index (χ2v) is 4.73. The van der Waals surface area contributed by atoms with Crippen molar-refractivity contribution in [2.24, 2.45) is 0 Å². The summed E-state index contributed by atoms with van der Waals surface area (Å²) in [6.07, 6.45) is 3.22. The number of halogens is 1. The van der Waals surface area contributed by atoms with Gasteiger partial charge in [0.15, 0.2) is 5.78 Å². The van der Waals surface area contributed by atoms with Crippen molar-refractivity contribution in [1.29, 1.82) is 0 Å². The molecule has 0 aliphatic heterocycles. The van der Waals surface area contributed by atoms with Gasteiger partial charge in [-0.1, -0.05) is 35.9 Å². The Hall–Kier alpha value is -2.26. The number of benzene rings is 2. The lowest BCUT2D eigenvalue weighted by Gasteiger charge is -2.03. The molecule has 0 spiro atoms. The predicted octanol–water partition coefficient (Wildman–Crippen LogP) is 4.25. The Morgan fingerprint density at radius 3 is 2.57 bits per heavy atom. The lowest BCUT2D eigenvalue weighted by Crippen LogP contribution is -1.95. The average molecular weight is 303 g/mol. The highest BCUT2D eigenvalue weighted by Gasteiger charge is 2.04. The molecule has 2 aromatic rings. The summed E-state index contributed by atoms with van der Waals surface area (Å²) >= 11 is 6.04. The van der Waals surface area contributed by atoms with Crippen LogP contribution in [0.2, 0.25) is 5.02 Å². The van der Waals surface area contributed by atoms with Crippen molar-refractivity contribution in [2.45, 2.75) is 0 Å². The maximum atomic E-state index is 12.1. The van der Waals surface area contributed by atoms with Crippen LogP contribution in [0, 0.1) is 0 Å². The number of hydrogen-bond acceptors (Lipinski definition) is 3. The number of carbonyl (C=O) groups excluding carboxylic acids is 1. The molecule has 108 valence electrons. The predicted molar refractivity (Wildman–Crippen MR) is 84.4 cm³/mol.